The zero-order valence-corrected chi connectivity index (χ0v) is 8.95. The summed E-state index contributed by atoms with van der Waals surface area (Å²) in [6, 6.07) is 0. The Balaban J connectivity index is 2.57. The fourth-order valence-corrected chi connectivity index (χ4v) is 2.21. The van der Waals surface area contributed by atoms with Crippen molar-refractivity contribution in [1.29, 1.82) is 0 Å². The van der Waals surface area contributed by atoms with Crippen LogP contribution in [0.1, 0.15) is 19.8 Å². The van der Waals surface area contributed by atoms with E-state index in [1.54, 1.807) is 21.3 Å². The van der Waals surface area contributed by atoms with Gasteiger partial charge in [-0.2, -0.15) is 0 Å². The van der Waals surface area contributed by atoms with Gasteiger partial charge in [0.05, 0.1) is 18.3 Å². The van der Waals surface area contributed by atoms with Crippen LogP contribution in [-0.2, 0) is 14.2 Å². The molecule has 0 saturated heterocycles. The summed E-state index contributed by atoms with van der Waals surface area (Å²) in [6.45, 7) is 2.19. The summed E-state index contributed by atoms with van der Waals surface area (Å²) >= 11 is 0. The molecule has 0 heterocycles. The Hall–Kier alpha value is -0.120. The highest BCUT2D eigenvalue weighted by Gasteiger charge is 2.35. The van der Waals surface area contributed by atoms with Crippen molar-refractivity contribution in [3.63, 3.8) is 0 Å². The van der Waals surface area contributed by atoms with Gasteiger partial charge in [0.15, 0.2) is 0 Å². The standard InChI is InChI=1S/C10H20O3/c1-7-5-8(11-2)6-9(12-3)10(7)13-4/h7-10H,5-6H2,1-4H3. The molecule has 1 aliphatic rings. The molecule has 3 nitrogen and oxygen atoms in total. The second-order valence-electron chi connectivity index (χ2n) is 3.78. The smallest absolute Gasteiger partial charge is 0.0860 e. The molecule has 13 heavy (non-hydrogen) atoms. The first-order valence-corrected chi connectivity index (χ1v) is 4.81. The molecule has 0 radical (unpaired) electrons. The number of hydrogen-bond donors (Lipinski definition) is 0. The fraction of sp³-hybridized carbons (Fsp3) is 1.00. The van der Waals surface area contributed by atoms with Crippen molar-refractivity contribution < 1.29 is 14.2 Å². The highest BCUT2D eigenvalue weighted by molar-refractivity contribution is 4.86. The van der Waals surface area contributed by atoms with Crippen LogP contribution < -0.4 is 0 Å². The third-order valence-corrected chi connectivity index (χ3v) is 2.97. The van der Waals surface area contributed by atoms with Crippen LogP contribution in [0.5, 0.6) is 0 Å². The second kappa shape index (κ2) is 4.94. The maximum Gasteiger partial charge on any atom is 0.0860 e. The van der Waals surface area contributed by atoms with Crippen LogP contribution in [0.2, 0.25) is 0 Å². The fourth-order valence-electron chi connectivity index (χ4n) is 2.21. The highest BCUT2D eigenvalue weighted by Crippen LogP contribution is 2.29. The Morgan fingerprint density at radius 1 is 0.923 bits per heavy atom. The van der Waals surface area contributed by atoms with Gasteiger partial charge in [-0.15, -0.1) is 0 Å². The van der Waals surface area contributed by atoms with Crippen molar-refractivity contribution in [3.05, 3.63) is 0 Å². The normalized spacial score (nSPS) is 40.6. The lowest BCUT2D eigenvalue weighted by Crippen LogP contribution is -2.44. The predicted molar refractivity (Wildman–Crippen MR) is 50.8 cm³/mol. The predicted octanol–water partition coefficient (Wildman–Crippen LogP) is 1.46. The molecule has 0 N–H and O–H groups in total. The molecule has 1 fully saturated rings. The van der Waals surface area contributed by atoms with Gasteiger partial charge in [0.25, 0.3) is 0 Å². The van der Waals surface area contributed by atoms with Gasteiger partial charge in [0, 0.05) is 27.8 Å². The first-order chi connectivity index (χ1) is 6.22. The third-order valence-electron chi connectivity index (χ3n) is 2.97. The summed E-state index contributed by atoms with van der Waals surface area (Å²) < 4.78 is 16.2. The third kappa shape index (κ3) is 2.42. The van der Waals surface area contributed by atoms with Gasteiger partial charge in [-0.25, -0.2) is 0 Å². The molecular weight excluding hydrogens is 168 g/mol. The molecule has 0 aliphatic heterocycles. The molecule has 0 aromatic carbocycles. The summed E-state index contributed by atoms with van der Waals surface area (Å²) in [5, 5.41) is 0. The van der Waals surface area contributed by atoms with Crippen molar-refractivity contribution in [2.45, 2.75) is 38.1 Å². The minimum absolute atomic E-state index is 0.179. The lowest BCUT2D eigenvalue weighted by Gasteiger charge is -2.38. The van der Waals surface area contributed by atoms with Crippen LogP contribution in [0.15, 0.2) is 0 Å². The largest absolute Gasteiger partial charge is 0.381 e. The molecule has 0 amide bonds. The quantitative estimate of drug-likeness (QED) is 0.671. The number of methoxy groups -OCH3 is 3. The summed E-state index contributed by atoms with van der Waals surface area (Å²) in [5.74, 6) is 0.508. The monoisotopic (exact) mass is 188 g/mol. The second-order valence-corrected chi connectivity index (χ2v) is 3.78. The lowest BCUT2D eigenvalue weighted by molar-refractivity contribution is -0.118. The zero-order chi connectivity index (χ0) is 9.84. The van der Waals surface area contributed by atoms with Crippen LogP contribution in [-0.4, -0.2) is 39.6 Å². The van der Waals surface area contributed by atoms with Gasteiger partial charge < -0.3 is 14.2 Å². The minimum Gasteiger partial charge on any atom is -0.381 e. The molecule has 0 spiro atoms. The van der Waals surface area contributed by atoms with Gasteiger partial charge in [-0.05, 0) is 12.3 Å². The Morgan fingerprint density at radius 3 is 2.08 bits per heavy atom. The Labute approximate surface area is 80.4 Å². The molecule has 3 heteroatoms. The van der Waals surface area contributed by atoms with Crippen LogP contribution >= 0.6 is 0 Å². The molecule has 1 rings (SSSR count). The van der Waals surface area contributed by atoms with Gasteiger partial charge >= 0.3 is 0 Å². The first kappa shape index (κ1) is 11.0. The average molecular weight is 188 g/mol. The van der Waals surface area contributed by atoms with E-state index in [2.05, 4.69) is 6.92 Å². The topological polar surface area (TPSA) is 27.7 Å². The first-order valence-electron chi connectivity index (χ1n) is 4.81. The van der Waals surface area contributed by atoms with Gasteiger partial charge in [0.2, 0.25) is 0 Å². The Kier molecular flexibility index (Phi) is 4.16. The average Bonchev–Trinajstić information content (AvgIpc) is 2.16. The van der Waals surface area contributed by atoms with Crippen molar-refractivity contribution in [2.75, 3.05) is 21.3 Å². The summed E-state index contributed by atoms with van der Waals surface area (Å²) in [5.41, 5.74) is 0. The van der Waals surface area contributed by atoms with Crippen molar-refractivity contribution in [2.24, 2.45) is 5.92 Å². The molecule has 4 atom stereocenters. The van der Waals surface area contributed by atoms with E-state index in [-0.39, 0.29) is 12.2 Å². The van der Waals surface area contributed by atoms with Gasteiger partial charge in [-0.3, -0.25) is 0 Å². The van der Waals surface area contributed by atoms with Crippen LogP contribution in [0.3, 0.4) is 0 Å². The maximum atomic E-state index is 5.42. The van der Waals surface area contributed by atoms with E-state index in [4.69, 9.17) is 14.2 Å². The SMILES string of the molecule is COC1CC(C)C(OC)C(OC)C1. The minimum atomic E-state index is 0.179. The zero-order valence-electron chi connectivity index (χ0n) is 8.95. The molecule has 78 valence electrons. The Morgan fingerprint density at radius 2 is 1.62 bits per heavy atom. The molecule has 0 aromatic heterocycles. The van der Waals surface area contributed by atoms with Crippen molar-refractivity contribution in [3.8, 4) is 0 Å². The summed E-state index contributed by atoms with van der Waals surface area (Å²) in [4.78, 5) is 0. The van der Waals surface area contributed by atoms with Gasteiger partial charge in [-0.1, -0.05) is 6.92 Å². The highest BCUT2D eigenvalue weighted by atomic mass is 16.5. The molecular formula is C10H20O3. The molecule has 1 saturated carbocycles. The number of rotatable bonds is 3. The van der Waals surface area contributed by atoms with E-state index in [1.807, 2.05) is 0 Å². The van der Waals surface area contributed by atoms with Crippen molar-refractivity contribution in [1.82, 2.24) is 0 Å². The van der Waals surface area contributed by atoms with E-state index in [0.717, 1.165) is 12.8 Å². The van der Waals surface area contributed by atoms with E-state index in [9.17, 15) is 0 Å². The van der Waals surface area contributed by atoms with Crippen LogP contribution in [0, 0.1) is 5.92 Å². The van der Waals surface area contributed by atoms with E-state index in [1.165, 1.54) is 0 Å². The Bertz CT molecular complexity index is 149. The maximum absolute atomic E-state index is 5.42. The molecule has 1 aliphatic carbocycles. The van der Waals surface area contributed by atoms with E-state index >= 15 is 0 Å². The van der Waals surface area contributed by atoms with Gasteiger partial charge in [0.1, 0.15) is 0 Å². The summed E-state index contributed by atoms with van der Waals surface area (Å²) in [6.07, 6.45) is 2.73. The molecule has 0 bridgehead atoms. The van der Waals surface area contributed by atoms with E-state index < -0.39 is 0 Å². The molecule has 4 unspecified atom stereocenters. The van der Waals surface area contributed by atoms with Crippen LogP contribution in [0.25, 0.3) is 0 Å². The van der Waals surface area contributed by atoms with E-state index in [0.29, 0.717) is 12.0 Å². The summed E-state index contributed by atoms with van der Waals surface area (Å²) in [7, 11) is 5.25. The lowest BCUT2D eigenvalue weighted by atomic mass is 9.83. The van der Waals surface area contributed by atoms with Crippen molar-refractivity contribution >= 4 is 0 Å². The van der Waals surface area contributed by atoms with Crippen LogP contribution in [0.4, 0.5) is 0 Å². The number of hydrogen-bond acceptors (Lipinski definition) is 3. The number of ether oxygens (including phenoxy) is 3. The molecule has 0 aromatic rings.